The van der Waals surface area contributed by atoms with Gasteiger partial charge in [-0.2, -0.15) is 0 Å². The molecule has 0 atom stereocenters. The number of rotatable bonds is 1. The molecule has 0 bridgehead atoms. The third-order valence-corrected chi connectivity index (χ3v) is 2.29. The summed E-state index contributed by atoms with van der Waals surface area (Å²) < 4.78 is 9.63. The zero-order chi connectivity index (χ0) is 11.3. The molecule has 1 aliphatic heterocycles. The minimum atomic E-state index is -0.628. The number of amides is 2. The zero-order valence-corrected chi connectivity index (χ0v) is 8.99. The molecule has 1 rings (SSSR count). The first-order chi connectivity index (χ1) is 7.15. The van der Waals surface area contributed by atoms with Gasteiger partial charge in [0.2, 0.25) is 5.91 Å². The molecular weight excluding hydrogens is 200 g/mol. The maximum absolute atomic E-state index is 11.3. The summed E-state index contributed by atoms with van der Waals surface area (Å²) in [6, 6.07) is -0.00431. The second kappa shape index (κ2) is 5.55. The number of hydrogen-bond donors (Lipinski definition) is 1. The Morgan fingerprint density at radius 1 is 1.40 bits per heavy atom. The smallest absolute Gasteiger partial charge is 0.425 e. The van der Waals surface area contributed by atoms with Crippen molar-refractivity contribution in [2.75, 3.05) is 20.3 Å². The van der Waals surface area contributed by atoms with Gasteiger partial charge in [0.05, 0.1) is 13.2 Å². The van der Waals surface area contributed by atoms with Crippen LogP contribution in [0.25, 0.3) is 0 Å². The SMILES string of the molecule is COC(=O)NN(C(C)=O)C1CCOCC1. The number of hydrazine groups is 1. The monoisotopic (exact) mass is 216 g/mol. The molecular formula is C9H16N2O4. The summed E-state index contributed by atoms with van der Waals surface area (Å²) in [6.45, 7) is 2.63. The first-order valence-corrected chi connectivity index (χ1v) is 4.87. The molecule has 0 aromatic heterocycles. The number of carbonyl (C=O) groups excluding carboxylic acids is 2. The lowest BCUT2D eigenvalue weighted by atomic mass is 10.1. The lowest BCUT2D eigenvalue weighted by molar-refractivity contribution is -0.136. The van der Waals surface area contributed by atoms with Crippen molar-refractivity contribution in [2.45, 2.75) is 25.8 Å². The Kier molecular flexibility index (Phi) is 4.36. The second-order valence-electron chi connectivity index (χ2n) is 3.34. The highest BCUT2D eigenvalue weighted by Crippen LogP contribution is 2.12. The van der Waals surface area contributed by atoms with Gasteiger partial charge in [0.25, 0.3) is 0 Å². The Hall–Kier alpha value is -1.30. The van der Waals surface area contributed by atoms with Gasteiger partial charge >= 0.3 is 6.09 Å². The van der Waals surface area contributed by atoms with E-state index in [1.165, 1.54) is 19.0 Å². The topological polar surface area (TPSA) is 67.9 Å². The van der Waals surface area contributed by atoms with E-state index in [0.717, 1.165) is 12.8 Å². The molecule has 2 amide bonds. The minimum absolute atomic E-state index is 0.00431. The number of nitrogens with one attached hydrogen (secondary N) is 1. The van der Waals surface area contributed by atoms with Gasteiger partial charge in [-0.25, -0.2) is 15.2 Å². The molecule has 1 aliphatic rings. The fourth-order valence-electron chi connectivity index (χ4n) is 1.51. The molecule has 0 radical (unpaired) electrons. The van der Waals surface area contributed by atoms with Crippen molar-refractivity contribution in [1.29, 1.82) is 0 Å². The summed E-state index contributed by atoms with van der Waals surface area (Å²) in [7, 11) is 1.26. The first-order valence-electron chi connectivity index (χ1n) is 4.87. The standard InChI is InChI=1S/C9H16N2O4/c1-7(12)11(10-9(13)14-2)8-3-5-15-6-4-8/h8H,3-6H2,1-2H3,(H,10,13). The van der Waals surface area contributed by atoms with Crippen molar-refractivity contribution in [3.63, 3.8) is 0 Å². The Morgan fingerprint density at radius 2 is 2.00 bits per heavy atom. The van der Waals surface area contributed by atoms with Crippen molar-refractivity contribution in [1.82, 2.24) is 10.4 Å². The molecule has 1 heterocycles. The van der Waals surface area contributed by atoms with Crippen LogP contribution in [-0.4, -0.2) is 43.4 Å². The van der Waals surface area contributed by atoms with E-state index >= 15 is 0 Å². The van der Waals surface area contributed by atoms with Crippen LogP contribution in [0.3, 0.4) is 0 Å². The normalized spacial score (nSPS) is 16.9. The molecule has 1 fully saturated rings. The van der Waals surface area contributed by atoms with Gasteiger partial charge in [0.1, 0.15) is 0 Å². The van der Waals surface area contributed by atoms with Crippen LogP contribution in [0.4, 0.5) is 4.79 Å². The van der Waals surface area contributed by atoms with Crippen LogP contribution in [0.5, 0.6) is 0 Å². The summed E-state index contributed by atoms with van der Waals surface area (Å²) in [5.41, 5.74) is 2.40. The maximum Gasteiger partial charge on any atom is 0.425 e. The van der Waals surface area contributed by atoms with E-state index in [9.17, 15) is 9.59 Å². The third kappa shape index (κ3) is 3.39. The molecule has 0 spiro atoms. The quantitative estimate of drug-likeness (QED) is 0.639. The molecule has 15 heavy (non-hydrogen) atoms. The Balaban J connectivity index is 2.55. The van der Waals surface area contributed by atoms with Gasteiger partial charge in [-0.1, -0.05) is 0 Å². The predicted molar refractivity (Wildman–Crippen MR) is 51.9 cm³/mol. The van der Waals surface area contributed by atoms with E-state index in [-0.39, 0.29) is 11.9 Å². The largest absolute Gasteiger partial charge is 0.452 e. The lowest BCUT2D eigenvalue weighted by Gasteiger charge is -2.32. The van der Waals surface area contributed by atoms with E-state index in [1.54, 1.807) is 0 Å². The van der Waals surface area contributed by atoms with Gasteiger partial charge in [-0.15, -0.1) is 0 Å². The fraction of sp³-hybridized carbons (Fsp3) is 0.778. The van der Waals surface area contributed by atoms with Gasteiger partial charge < -0.3 is 9.47 Å². The molecule has 6 heteroatoms. The van der Waals surface area contributed by atoms with Crippen LogP contribution in [0.2, 0.25) is 0 Å². The van der Waals surface area contributed by atoms with Crippen LogP contribution in [0.15, 0.2) is 0 Å². The Morgan fingerprint density at radius 3 is 2.47 bits per heavy atom. The first kappa shape index (κ1) is 11.8. The summed E-state index contributed by atoms with van der Waals surface area (Å²) in [6.07, 6.45) is 0.823. The van der Waals surface area contributed by atoms with Gasteiger partial charge in [0, 0.05) is 20.1 Å². The molecule has 0 aliphatic carbocycles. The van der Waals surface area contributed by atoms with Crippen LogP contribution in [-0.2, 0) is 14.3 Å². The summed E-state index contributed by atoms with van der Waals surface area (Å²) in [5.74, 6) is -0.202. The van der Waals surface area contributed by atoms with Crippen molar-refractivity contribution in [3.8, 4) is 0 Å². The molecule has 0 aromatic carbocycles. The number of nitrogens with zero attached hydrogens (tertiary/aromatic N) is 1. The van der Waals surface area contributed by atoms with Crippen molar-refractivity contribution >= 4 is 12.0 Å². The molecule has 6 nitrogen and oxygen atoms in total. The lowest BCUT2D eigenvalue weighted by Crippen LogP contribution is -2.52. The Bertz CT molecular complexity index is 238. The Labute approximate surface area is 88.5 Å². The van der Waals surface area contributed by atoms with Crippen molar-refractivity contribution < 1.29 is 19.1 Å². The van der Waals surface area contributed by atoms with Gasteiger partial charge in [-0.3, -0.25) is 4.79 Å². The molecule has 1 N–H and O–H groups in total. The number of methoxy groups -OCH3 is 1. The molecule has 1 saturated heterocycles. The highest BCUT2D eigenvalue weighted by atomic mass is 16.5. The van der Waals surface area contributed by atoms with Crippen LogP contribution >= 0.6 is 0 Å². The van der Waals surface area contributed by atoms with Crippen molar-refractivity contribution in [2.24, 2.45) is 0 Å². The van der Waals surface area contributed by atoms with Gasteiger partial charge in [0.15, 0.2) is 0 Å². The summed E-state index contributed by atoms with van der Waals surface area (Å²) in [5, 5.41) is 1.31. The predicted octanol–water partition coefficient (Wildman–Crippen LogP) is 0.285. The zero-order valence-electron chi connectivity index (χ0n) is 8.99. The van der Waals surface area contributed by atoms with E-state index in [0.29, 0.717) is 13.2 Å². The second-order valence-corrected chi connectivity index (χ2v) is 3.34. The highest BCUT2D eigenvalue weighted by molar-refractivity contribution is 5.77. The van der Waals surface area contributed by atoms with E-state index in [2.05, 4.69) is 10.2 Å². The molecule has 0 aromatic rings. The third-order valence-electron chi connectivity index (χ3n) is 2.29. The average molecular weight is 216 g/mol. The maximum atomic E-state index is 11.3. The summed E-state index contributed by atoms with van der Waals surface area (Å²) in [4.78, 5) is 22.3. The number of ether oxygens (including phenoxy) is 2. The molecule has 86 valence electrons. The number of hydrogen-bond acceptors (Lipinski definition) is 4. The van der Waals surface area contributed by atoms with E-state index in [1.807, 2.05) is 0 Å². The summed E-state index contributed by atoms with van der Waals surface area (Å²) >= 11 is 0. The van der Waals surface area contributed by atoms with E-state index in [4.69, 9.17) is 4.74 Å². The molecule has 0 saturated carbocycles. The van der Waals surface area contributed by atoms with Crippen LogP contribution in [0, 0.1) is 0 Å². The number of carbonyl (C=O) groups is 2. The van der Waals surface area contributed by atoms with Crippen LogP contribution < -0.4 is 5.43 Å². The average Bonchev–Trinajstić information content (AvgIpc) is 2.26. The highest BCUT2D eigenvalue weighted by Gasteiger charge is 2.25. The minimum Gasteiger partial charge on any atom is -0.452 e. The van der Waals surface area contributed by atoms with Gasteiger partial charge in [-0.05, 0) is 12.8 Å². The fourth-order valence-corrected chi connectivity index (χ4v) is 1.51. The van der Waals surface area contributed by atoms with Crippen molar-refractivity contribution in [3.05, 3.63) is 0 Å². The van der Waals surface area contributed by atoms with E-state index < -0.39 is 6.09 Å². The molecule has 0 unspecified atom stereocenters. The van der Waals surface area contributed by atoms with Crippen LogP contribution in [0.1, 0.15) is 19.8 Å².